The number of aliphatic hydroxyl groups excluding tert-OH is 1. The van der Waals surface area contributed by atoms with E-state index in [0.717, 1.165) is 11.1 Å². The first-order chi connectivity index (χ1) is 15.8. The van der Waals surface area contributed by atoms with Gasteiger partial charge in [0.15, 0.2) is 0 Å². The Hall–Kier alpha value is -4.13. The molecule has 168 valence electrons. The molecule has 1 aromatic heterocycles. The highest BCUT2D eigenvalue weighted by molar-refractivity contribution is 6.51. The molecule has 1 fully saturated rings. The number of aryl methyl sites for hydroxylation is 2. The molecular formula is C26H24N2O5. The van der Waals surface area contributed by atoms with Crippen LogP contribution in [0.1, 0.15) is 28.3 Å². The number of ketones is 1. The molecular weight excluding hydrogens is 420 g/mol. The second-order valence-electron chi connectivity index (χ2n) is 7.86. The Morgan fingerprint density at radius 1 is 0.939 bits per heavy atom. The van der Waals surface area contributed by atoms with Gasteiger partial charge in [-0.05, 0) is 66.9 Å². The van der Waals surface area contributed by atoms with E-state index in [0.29, 0.717) is 22.7 Å². The van der Waals surface area contributed by atoms with Gasteiger partial charge in [-0.2, -0.15) is 0 Å². The molecule has 7 heteroatoms. The third-order valence-electron chi connectivity index (χ3n) is 5.61. The fourth-order valence-corrected chi connectivity index (χ4v) is 4.19. The number of carbonyl (C=O) groups is 2. The van der Waals surface area contributed by atoms with E-state index in [1.807, 2.05) is 32.0 Å². The zero-order valence-corrected chi connectivity index (χ0v) is 18.8. The number of Topliss-reactive ketones (excluding diaryl/α,β-unsaturated/α-hetero) is 1. The molecule has 7 nitrogen and oxygen atoms in total. The molecule has 1 atom stereocenters. The Labute approximate surface area is 191 Å². The summed E-state index contributed by atoms with van der Waals surface area (Å²) in [6.45, 7) is 3.85. The Kier molecular flexibility index (Phi) is 5.87. The number of hydrogen-bond acceptors (Lipinski definition) is 6. The Bertz CT molecular complexity index is 1250. The average molecular weight is 444 g/mol. The predicted octanol–water partition coefficient (Wildman–Crippen LogP) is 4.34. The lowest BCUT2D eigenvalue weighted by Crippen LogP contribution is -2.29. The summed E-state index contributed by atoms with van der Waals surface area (Å²) in [5.41, 5.74) is 3.41. The lowest BCUT2D eigenvalue weighted by Gasteiger charge is -2.26. The summed E-state index contributed by atoms with van der Waals surface area (Å²) in [7, 11) is 2.98. The summed E-state index contributed by atoms with van der Waals surface area (Å²) in [4.78, 5) is 32.1. The lowest BCUT2D eigenvalue weighted by atomic mass is 9.95. The molecule has 1 aliphatic rings. The first-order valence-electron chi connectivity index (χ1n) is 10.4. The summed E-state index contributed by atoms with van der Waals surface area (Å²) >= 11 is 0. The molecule has 1 unspecified atom stereocenters. The van der Waals surface area contributed by atoms with Gasteiger partial charge in [0.2, 0.25) is 0 Å². The van der Waals surface area contributed by atoms with Gasteiger partial charge in [0.1, 0.15) is 17.3 Å². The number of aromatic nitrogens is 1. The first-order valence-corrected chi connectivity index (χ1v) is 10.4. The maximum absolute atomic E-state index is 13.3. The van der Waals surface area contributed by atoms with Crippen LogP contribution in [0.15, 0.2) is 66.5 Å². The molecule has 0 aliphatic carbocycles. The van der Waals surface area contributed by atoms with E-state index in [2.05, 4.69) is 4.98 Å². The van der Waals surface area contributed by atoms with Gasteiger partial charge in [-0.3, -0.25) is 19.5 Å². The molecule has 0 saturated carbocycles. The Balaban J connectivity index is 1.97. The molecule has 1 amide bonds. The standard InChI is InChI=1S/C26H24N2O5/c1-15-11-16(2)13-18(12-15)28-23(17-7-9-27-10-8-17)22(25(30)26(28)31)24(29)20-6-5-19(32-3)14-21(20)33-4/h5-14,23,29H,1-4H3/b24-22-. The van der Waals surface area contributed by atoms with Gasteiger partial charge in [0, 0.05) is 24.1 Å². The first kappa shape index (κ1) is 22.1. The van der Waals surface area contributed by atoms with Crippen molar-refractivity contribution >= 4 is 23.1 Å². The number of anilines is 1. The van der Waals surface area contributed by atoms with Gasteiger partial charge in [0.25, 0.3) is 11.7 Å². The highest BCUT2D eigenvalue weighted by Gasteiger charge is 2.47. The number of carbonyl (C=O) groups excluding carboxylic acids is 2. The summed E-state index contributed by atoms with van der Waals surface area (Å²) in [5.74, 6) is -0.952. The van der Waals surface area contributed by atoms with Crippen LogP contribution in [0.3, 0.4) is 0 Å². The number of hydrogen-bond donors (Lipinski definition) is 1. The summed E-state index contributed by atoms with van der Waals surface area (Å²) in [6.07, 6.45) is 3.18. The lowest BCUT2D eigenvalue weighted by molar-refractivity contribution is -0.132. The van der Waals surface area contributed by atoms with Crippen molar-refractivity contribution in [2.24, 2.45) is 0 Å². The van der Waals surface area contributed by atoms with Crippen LogP contribution in [0.5, 0.6) is 11.5 Å². The van der Waals surface area contributed by atoms with E-state index in [1.54, 1.807) is 42.7 Å². The molecule has 0 radical (unpaired) electrons. The molecule has 2 aromatic carbocycles. The molecule has 1 aliphatic heterocycles. The fraction of sp³-hybridized carbons (Fsp3) is 0.192. The maximum atomic E-state index is 13.3. The molecule has 3 aromatic rings. The van der Waals surface area contributed by atoms with Crippen molar-refractivity contribution in [1.29, 1.82) is 0 Å². The van der Waals surface area contributed by atoms with Gasteiger partial charge in [-0.15, -0.1) is 0 Å². The van der Waals surface area contributed by atoms with Gasteiger partial charge in [0.05, 0.1) is 31.4 Å². The van der Waals surface area contributed by atoms with Crippen molar-refractivity contribution in [3.8, 4) is 11.5 Å². The SMILES string of the molecule is COc1ccc(/C(O)=C2/C(=O)C(=O)N(c3cc(C)cc(C)c3)C2c2ccncc2)c(OC)c1. The van der Waals surface area contributed by atoms with E-state index < -0.39 is 17.7 Å². The second-order valence-corrected chi connectivity index (χ2v) is 7.86. The van der Waals surface area contributed by atoms with Crippen molar-refractivity contribution in [3.63, 3.8) is 0 Å². The third kappa shape index (κ3) is 3.93. The zero-order chi connectivity index (χ0) is 23.7. The van der Waals surface area contributed by atoms with Crippen LogP contribution in [-0.2, 0) is 9.59 Å². The van der Waals surface area contributed by atoms with Crippen LogP contribution in [0.2, 0.25) is 0 Å². The van der Waals surface area contributed by atoms with Gasteiger partial charge in [-0.1, -0.05) is 6.07 Å². The zero-order valence-electron chi connectivity index (χ0n) is 18.8. The molecule has 0 spiro atoms. The normalized spacial score (nSPS) is 17.3. The monoisotopic (exact) mass is 444 g/mol. The van der Waals surface area contributed by atoms with E-state index in [4.69, 9.17) is 9.47 Å². The Morgan fingerprint density at radius 2 is 1.61 bits per heavy atom. The van der Waals surface area contributed by atoms with Gasteiger partial charge in [-0.25, -0.2) is 0 Å². The Morgan fingerprint density at radius 3 is 2.21 bits per heavy atom. The minimum Gasteiger partial charge on any atom is -0.507 e. The molecule has 1 saturated heterocycles. The van der Waals surface area contributed by atoms with Crippen molar-refractivity contribution < 1.29 is 24.2 Å². The molecule has 1 N–H and O–H groups in total. The molecule has 0 bridgehead atoms. The van der Waals surface area contributed by atoms with Crippen LogP contribution in [0, 0.1) is 13.8 Å². The average Bonchev–Trinajstić information content (AvgIpc) is 3.08. The van der Waals surface area contributed by atoms with Crippen molar-refractivity contribution in [3.05, 3.63) is 88.8 Å². The largest absolute Gasteiger partial charge is 0.507 e. The quantitative estimate of drug-likeness (QED) is 0.358. The topological polar surface area (TPSA) is 89.0 Å². The van der Waals surface area contributed by atoms with Crippen LogP contribution in [0.4, 0.5) is 5.69 Å². The van der Waals surface area contributed by atoms with Gasteiger partial charge < -0.3 is 14.6 Å². The summed E-state index contributed by atoms with van der Waals surface area (Å²) in [5, 5.41) is 11.3. The van der Waals surface area contributed by atoms with Crippen LogP contribution in [0.25, 0.3) is 5.76 Å². The molecule has 4 rings (SSSR count). The smallest absolute Gasteiger partial charge is 0.300 e. The van der Waals surface area contributed by atoms with Crippen molar-refractivity contribution in [2.45, 2.75) is 19.9 Å². The van der Waals surface area contributed by atoms with Crippen LogP contribution >= 0.6 is 0 Å². The second kappa shape index (κ2) is 8.78. The number of aliphatic hydroxyl groups is 1. The molecule has 2 heterocycles. The minimum absolute atomic E-state index is 0.0196. The summed E-state index contributed by atoms with van der Waals surface area (Å²) in [6, 6.07) is 13.2. The maximum Gasteiger partial charge on any atom is 0.300 e. The van der Waals surface area contributed by atoms with E-state index >= 15 is 0 Å². The fourth-order valence-electron chi connectivity index (χ4n) is 4.19. The minimum atomic E-state index is -0.832. The number of rotatable bonds is 5. The summed E-state index contributed by atoms with van der Waals surface area (Å²) < 4.78 is 10.6. The number of methoxy groups -OCH3 is 2. The van der Waals surface area contributed by atoms with Crippen molar-refractivity contribution in [1.82, 2.24) is 4.98 Å². The van der Waals surface area contributed by atoms with Crippen LogP contribution in [-0.4, -0.2) is 36.0 Å². The van der Waals surface area contributed by atoms with E-state index in [-0.39, 0.29) is 16.9 Å². The molecule has 33 heavy (non-hydrogen) atoms. The number of benzene rings is 2. The number of amides is 1. The number of ether oxygens (including phenoxy) is 2. The van der Waals surface area contributed by atoms with E-state index in [9.17, 15) is 14.7 Å². The van der Waals surface area contributed by atoms with E-state index in [1.165, 1.54) is 19.1 Å². The van der Waals surface area contributed by atoms with Gasteiger partial charge >= 0.3 is 0 Å². The van der Waals surface area contributed by atoms with Crippen LogP contribution < -0.4 is 14.4 Å². The third-order valence-corrected chi connectivity index (χ3v) is 5.61. The predicted molar refractivity (Wildman–Crippen MR) is 124 cm³/mol. The van der Waals surface area contributed by atoms with Crippen molar-refractivity contribution in [2.75, 3.05) is 19.1 Å². The highest BCUT2D eigenvalue weighted by atomic mass is 16.5. The number of pyridine rings is 1. The highest BCUT2D eigenvalue weighted by Crippen LogP contribution is 2.43. The number of nitrogens with zero attached hydrogens (tertiary/aromatic N) is 2.